The molecule has 0 saturated carbocycles. The van der Waals surface area contributed by atoms with Crippen molar-refractivity contribution in [2.75, 3.05) is 26.0 Å². The van der Waals surface area contributed by atoms with E-state index in [-0.39, 0.29) is 11.8 Å². The highest BCUT2D eigenvalue weighted by Gasteiger charge is 2.27. The first kappa shape index (κ1) is 16.8. The molecule has 1 aromatic heterocycles. The van der Waals surface area contributed by atoms with Crippen LogP contribution in [0.5, 0.6) is 5.75 Å². The number of hydrogen-bond acceptors (Lipinski definition) is 5. The molecule has 2 heterocycles. The number of carbonyl (C=O) groups excluding carboxylic acids is 1. The number of H-pyrrole nitrogens is 1. The topological polar surface area (TPSA) is 71.1 Å². The Hall–Kier alpha value is -2.02. The summed E-state index contributed by atoms with van der Waals surface area (Å²) in [5, 5.41) is 7.14. The van der Waals surface area contributed by atoms with Gasteiger partial charge in [0.1, 0.15) is 11.6 Å². The number of ether oxygens (including phenoxy) is 1. The van der Waals surface area contributed by atoms with E-state index in [1.165, 1.54) is 0 Å². The van der Waals surface area contributed by atoms with Crippen molar-refractivity contribution in [3.8, 4) is 5.75 Å². The van der Waals surface area contributed by atoms with Crippen LogP contribution in [0.25, 0.3) is 0 Å². The molecule has 0 spiro atoms. The molecule has 3 rings (SSSR count). The first-order chi connectivity index (χ1) is 11.7. The number of hydrogen-bond donors (Lipinski definition) is 1. The predicted octanol–water partition coefficient (Wildman–Crippen LogP) is 2.62. The number of thioether (sulfide) groups is 1. The highest BCUT2D eigenvalue weighted by atomic mass is 32.2. The van der Waals surface area contributed by atoms with Gasteiger partial charge in [-0.3, -0.25) is 9.89 Å². The molecular weight excluding hydrogens is 324 g/mol. The molecule has 0 bridgehead atoms. The Kier molecular flexibility index (Phi) is 5.40. The van der Waals surface area contributed by atoms with E-state index >= 15 is 0 Å². The van der Waals surface area contributed by atoms with Gasteiger partial charge in [-0.25, -0.2) is 4.98 Å². The lowest BCUT2D eigenvalue weighted by Crippen LogP contribution is -2.40. The lowest BCUT2D eigenvalue weighted by Gasteiger charge is -2.31. The minimum absolute atomic E-state index is 0.166. The van der Waals surface area contributed by atoms with Gasteiger partial charge in [0, 0.05) is 23.9 Å². The number of piperidine rings is 1. The lowest BCUT2D eigenvalue weighted by molar-refractivity contribution is -0.129. The largest absolute Gasteiger partial charge is 0.497 e. The molecule has 1 aliphatic rings. The predicted molar refractivity (Wildman–Crippen MR) is 93.4 cm³/mol. The summed E-state index contributed by atoms with van der Waals surface area (Å²) < 4.78 is 5.22. The van der Waals surface area contributed by atoms with Gasteiger partial charge >= 0.3 is 0 Å². The number of carbonyl (C=O) groups is 1. The minimum atomic E-state index is 0.166. The SMILES string of the molecule is COc1cccc(SCC(=O)N2CCCC(c3n[nH]c(C)n3)C2)c1. The van der Waals surface area contributed by atoms with Gasteiger partial charge in [-0.05, 0) is 38.0 Å². The number of aryl methyl sites for hydroxylation is 1. The molecule has 2 aromatic rings. The molecule has 0 aliphatic carbocycles. The van der Waals surface area contributed by atoms with Crippen molar-refractivity contribution in [2.45, 2.75) is 30.6 Å². The van der Waals surface area contributed by atoms with Crippen LogP contribution in [0, 0.1) is 6.92 Å². The fraction of sp³-hybridized carbons (Fsp3) is 0.471. The van der Waals surface area contributed by atoms with Crippen molar-refractivity contribution in [1.29, 1.82) is 0 Å². The number of nitrogens with one attached hydrogen (secondary N) is 1. The van der Waals surface area contributed by atoms with Gasteiger partial charge < -0.3 is 9.64 Å². The van der Waals surface area contributed by atoms with Crippen molar-refractivity contribution >= 4 is 17.7 Å². The van der Waals surface area contributed by atoms with Crippen molar-refractivity contribution < 1.29 is 9.53 Å². The molecule has 128 valence electrons. The van der Waals surface area contributed by atoms with E-state index in [9.17, 15) is 4.79 Å². The molecular formula is C17H22N4O2S. The third kappa shape index (κ3) is 4.08. The number of rotatable bonds is 5. The van der Waals surface area contributed by atoms with E-state index in [1.54, 1.807) is 18.9 Å². The molecule has 1 amide bonds. The van der Waals surface area contributed by atoms with Gasteiger partial charge in [-0.15, -0.1) is 11.8 Å². The van der Waals surface area contributed by atoms with Crippen molar-refractivity contribution in [2.24, 2.45) is 0 Å². The quantitative estimate of drug-likeness (QED) is 0.843. The summed E-state index contributed by atoms with van der Waals surface area (Å²) in [4.78, 5) is 19.9. The molecule has 7 heteroatoms. The van der Waals surface area contributed by atoms with Crippen molar-refractivity contribution in [3.63, 3.8) is 0 Å². The normalized spacial score (nSPS) is 17.8. The summed E-state index contributed by atoms with van der Waals surface area (Å²) in [6.45, 7) is 3.42. The summed E-state index contributed by atoms with van der Waals surface area (Å²) in [5.74, 6) is 3.29. The maximum Gasteiger partial charge on any atom is 0.232 e. The molecule has 0 radical (unpaired) electrons. The Balaban J connectivity index is 1.56. The second-order valence-electron chi connectivity index (χ2n) is 5.93. The summed E-state index contributed by atoms with van der Waals surface area (Å²) in [7, 11) is 1.65. The van der Waals surface area contributed by atoms with Gasteiger partial charge in [-0.1, -0.05) is 6.07 Å². The van der Waals surface area contributed by atoms with Gasteiger partial charge in [0.05, 0.1) is 12.9 Å². The van der Waals surface area contributed by atoms with E-state index in [0.29, 0.717) is 12.3 Å². The van der Waals surface area contributed by atoms with Crippen LogP contribution in [-0.4, -0.2) is 51.9 Å². The Morgan fingerprint density at radius 3 is 3.12 bits per heavy atom. The van der Waals surface area contributed by atoms with Crippen LogP contribution in [0.3, 0.4) is 0 Å². The lowest BCUT2D eigenvalue weighted by atomic mass is 9.97. The second-order valence-corrected chi connectivity index (χ2v) is 6.97. The minimum Gasteiger partial charge on any atom is -0.497 e. The van der Waals surface area contributed by atoms with E-state index in [2.05, 4.69) is 15.2 Å². The zero-order valence-corrected chi connectivity index (χ0v) is 14.8. The fourth-order valence-electron chi connectivity index (χ4n) is 2.88. The maximum absolute atomic E-state index is 12.5. The zero-order valence-electron chi connectivity index (χ0n) is 14.0. The van der Waals surface area contributed by atoms with Gasteiger partial charge in [0.25, 0.3) is 0 Å². The second kappa shape index (κ2) is 7.70. The summed E-state index contributed by atoms with van der Waals surface area (Å²) in [6.07, 6.45) is 2.03. The number of nitrogens with zero attached hydrogens (tertiary/aromatic N) is 3. The number of likely N-dealkylation sites (tertiary alicyclic amines) is 1. The zero-order chi connectivity index (χ0) is 16.9. The molecule has 6 nitrogen and oxygen atoms in total. The summed E-state index contributed by atoms with van der Waals surface area (Å²) in [5.41, 5.74) is 0. The van der Waals surface area contributed by atoms with Crippen LogP contribution in [0.4, 0.5) is 0 Å². The molecule has 1 aliphatic heterocycles. The molecule has 1 N–H and O–H groups in total. The Bertz CT molecular complexity index is 703. The third-order valence-electron chi connectivity index (χ3n) is 4.16. The van der Waals surface area contributed by atoms with E-state index in [0.717, 1.165) is 41.7 Å². The molecule has 1 aromatic carbocycles. The monoisotopic (exact) mass is 346 g/mol. The number of amides is 1. The number of benzene rings is 1. The molecule has 1 unspecified atom stereocenters. The maximum atomic E-state index is 12.5. The fourth-order valence-corrected chi connectivity index (χ4v) is 3.73. The standard InChI is InChI=1S/C17H22N4O2S/c1-12-18-17(20-19-12)13-5-4-8-21(10-13)16(22)11-24-15-7-3-6-14(9-15)23-2/h3,6-7,9,13H,4-5,8,10-11H2,1-2H3,(H,18,19,20). The van der Waals surface area contributed by atoms with Crippen LogP contribution in [-0.2, 0) is 4.79 Å². The smallest absolute Gasteiger partial charge is 0.232 e. The first-order valence-corrected chi connectivity index (χ1v) is 9.08. The van der Waals surface area contributed by atoms with Crippen LogP contribution >= 0.6 is 11.8 Å². The molecule has 1 saturated heterocycles. The van der Waals surface area contributed by atoms with E-state index in [1.807, 2.05) is 36.1 Å². The van der Waals surface area contributed by atoms with Crippen LogP contribution in [0.2, 0.25) is 0 Å². The van der Waals surface area contributed by atoms with Gasteiger partial charge in [0.15, 0.2) is 5.82 Å². The van der Waals surface area contributed by atoms with Gasteiger partial charge in [0.2, 0.25) is 5.91 Å². The summed E-state index contributed by atoms with van der Waals surface area (Å²) >= 11 is 1.54. The summed E-state index contributed by atoms with van der Waals surface area (Å²) in [6, 6.07) is 7.79. The van der Waals surface area contributed by atoms with Crippen molar-refractivity contribution in [3.05, 3.63) is 35.9 Å². The van der Waals surface area contributed by atoms with E-state index < -0.39 is 0 Å². The highest BCUT2D eigenvalue weighted by molar-refractivity contribution is 8.00. The Morgan fingerprint density at radius 2 is 2.38 bits per heavy atom. The first-order valence-electron chi connectivity index (χ1n) is 8.09. The van der Waals surface area contributed by atoms with Crippen molar-refractivity contribution in [1.82, 2.24) is 20.1 Å². The average molecular weight is 346 g/mol. The van der Waals surface area contributed by atoms with Crippen LogP contribution in [0.1, 0.15) is 30.4 Å². The Labute approximate surface area is 146 Å². The van der Waals surface area contributed by atoms with Gasteiger partial charge in [-0.2, -0.15) is 5.10 Å². The third-order valence-corrected chi connectivity index (χ3v) is 5.14. The van der Waals surface area contributed by atoms with Crippen LogP contribution in [0.15, 0.2) is 29.2 Å². The molecule has 1 atom stereocenters. The van der Waals surface area contributed by atoms with Crippen LogP contribution < -0.4 is 4.74 Å². The number of methoxy groups -OCH3 is 1. The highest BCUT2D eigenvalue weighted by Crippen LogP contribution is 2.27. The number of aromatic amines is 1. The average Bonchev–Trinajstić information content (AvgIpc) is 3.06. The Morgan fingerprint density at radius 1 is 1.50 bits per heavy atom. The molecule has 1 fully saturated rings. The number of aromatic nitrogens is 3. The molecule has 24 heavy (non-hydrogen) atoms. The van der Waals surface area contributed by atoms with E-state index in [4.69, 9.17) is 4.74 Å².